The van der Waals surface area contributed by atoms with Crippen LogP contribution in [-0.4, -0.2) is 61.5 Å². The molecule has 1 heterocycles. The molecule has 0 aromatic carbocycles. The highest BCUT2D eigenvalue weighted by atomic mass is 16.2. The second-order valence-electron chi connectivity index (χ2n) is 5.33. The van der Waals surface area contributed by atoms with Crippen LogP contribution in [0.2, 0.25) is 0 Å². The summed E-state index contributed by atoms with van der Waals surface area (Å²) in [5.74, 6) is 0.888. The fourth-order valence-electron chi connectivity index (χ4n) is 2.26. The predicted octanol–water partition coefficient (Wildman–Crippen LogP) is 1.18. The van der Waals surface area contributed by atoms with E-state index in [1.165, 1.54) is 0 Å². The first-order valence-corrected chi connectivity index (χ1v) is 7.38. The Morgan fingerprint density at radius 1 is 1.33 bits per heavy atom. The van der Waals surface area contributed by atoms with Crippen LogP contribution < -0.4 is 5.32 Å². The van der Waals surface area contributed by atoms with Crippen LogP contribution in [0.5, 0.6) is 0 Å². The van der Waals surface area contributed by atoms with Crippen molar-refractivity contribution in [3.05, 3.63) is 0 Å². The van der Waals surface area contributed by atoms with E-state index in [0.717, 1.165) is 52.1 Å². The van der Waals surface area contributed by atoms with Gasteiger partial charge in [0.15, 0.2) is 0 Å². The summed E-state index contributed by atoms with van der Waals surface area (Å²) in [6, 6.07) is 0. The number of nitrogens with zero attached hydrogens (tertiary/aromatic N) is 2. The van der Waals surface area contributed by atoms with Crippen molar-refractivity contribution in [1.82, 2.24) is 15.1 Å². The first-order chi connectivity index (χ1) is 8.67. The third-order valence-corrected chi connectivity index (χ3v) is 3.75. The van der Waals surface area contributed by atoms with Gasteiger partial charge in [0.05, 0.1) is 6.54 Å². The first-order valence-electron chi connectivity index (χ1n) is 7.38. The van der Waals surface area contributed by atoms with E-state index in [9.17, 15) is 4.79 Å². The zero-order valence-corrected chi connectivity index (χ0v) is 12.2. The Hall–Kier alpha value is -0.610. The fourth-order valence-corrected chi connectivity index (χ4v) is 2.26. The van der Waals surface area contributed by atoms with E-state index in [1.807, 2.05) is 4.90 Å². The summed E-state index contributed by atoms with van der Waals surface area (Å²) in [6.45, 7) is 12.9. The molecule has 1 unspecified atom stereocenters. The molecule has 1 aliphatic rings. The Bertz CT molecular complexity index is 237. The van der Waals surface area contributed by atoms with Gasteiger partial charge in [-0.1, -0.05) is 20.3 Å². The summed E-state index contributed by atoms with van der Waals surface area (Å²) in [5.41, 5.74) is 0. The molecule has 0 aromatic heterocycles. The van der Waals surface area contributed by atoms with Gasteiger partial charge in [-0.15, -0.1) is 0 Å². The molecule has 1 aliphatic heterocycles. The monoisotopic (exact) mass is 255 g/mol. The summed E-state index contributed by atoms with van der Waals surface area (Å²) < 4.78 is 0. The third-order valence-electron chi connectivity index (χ3n) is 3.75. The van der Waals surface area contributed by atoms with Crippen LogP contribution >= 0.6 is 0 Å². The zero-order chi connectivity index (χ0) is 13.4. The first kappa shape index (κ1) is 15.4. The van der Waals surface area contributed by atoms with Gasteiger partial charge in [-0.05, 0) is 32.4 Å². The van der Waals surface area contributed by atoms with Crippen molar-refractivity contribution in [1.29, 1.82) is 0 Å². The lowest BCUT2D eigenvalue weighted by Crippen LogP contribution is -2.43. The van der Waals surface area contributed by atoms with Crippen molar-refractivity contribution >= 4 is 5.91 Å². The molecule has 1 fully saturated rings. The molecule has 0 spiro atoms. The molecule has 1 rings (SSSR count). The number of rotatable bonds is 6. The quantitative estimate of drug-likeness (QED) is 0.774. The smallest absolute Gasteiger partial charge is 0.236 e. The SMILES string of the molecule is CCC(C)CN(CC)C(=O)CN1CCCNCC1. The topological polar surface area (TPSA) is 35.6 Å². The van der Waals surface area contributed by atoms with Crippen molar-refractivity contribution in [3.8, 4) is 0 Å². The number of carbonyl (C=O) groups is 1. The molecule has 1 amide bonds. The average Bonchev–Trinajstić information content (AvgIpc) is 2.64. The van der Waals surface area contributed by atoms with Crippen LogP contribution in [0.1, 0.15) is 33.6 Å². The van der Waals surface area contributed by atoms with E-state index in [1.54, 1.807) is 0 Å². The molecule has 0 aliphatic carbocycles. The van der Waals surface area contributed by atoms with Gasteiger partial charge in [0, 0.05) is 26.2 Å². The number of hydrogen-bond acceptors (Lipinski definition) is 3. The number of hydrogen-bond donors (Lipinski definition) is 1. The molecule has 1 atom stereocenters. The molecule has 0 saturated carbocycles. The minimum absolute atomic E-state index is 0.291. The predicted molar refractivity (Wildman–Crippen MR) is 75.6 cm³/mol. The summed E-state index contributed by atoms with van der Waals surface area (Å²) in [7, 11) is 0. The molecule has 1 N–H and O–H groups in total. The maximum Gasteiger partial charge on any atom is 0.236 e. The van der Waals surface area contributed by atoms with Crippen LogP contribution in [0.3, 0.4) is 0 Å². The fraction of sp³-hybridized carbons (Fsp3) is 0.929. The molecule has 0 radical (unpaired) electrons. The summed E-state index contributed by atoms with van der Waals surface area (Å²) >= 11 is 0. The second-order valence-corrected chi connectivity index (χ2v) is 5.33. The number of amides is 1. The Labute approximate surface area is 112 Å². The minimum Gasteiger partial charge on any atom is -0.342 e. The summed E-state index contributed by atoms with van der Waals surface area (Å²) in [4.78, 5) is 16.6. The van der Waals surface area contributed by atoms with Crippen molar-refractivity contribution in [3.63, 3.8) is 0 Å². The lowest BCUT2D eigenvalue weighted by atomic mass is 10.1. The van der Waals surface area contributed by atoms with E-state index in [2.05, 4.69) is 31.0 Å². The molecule has 106 valence electrons. The van der Waals surface area contributed by atoms with E-state index < -0.39 is 0 Å². The highest BCUT2D eigenvalue weighted by Gasteiger charge is 2.18. The highest BCUT2D eigenvalue weighted by Crippen LogP contribution is 2.05. The van der Waals surface area contributed by atoms with Crippen LogP contribution in [0.15, 0.2) is 0 Å². The van der Waals surface area contributed by atoms with E-state index >= 15 is 0 Å². The number of nitrogens with one attached hydrogen (secondary N) is 1. The van der Waals surface area contributed by atoms with Gasteiger partial charge in [-0.25, -0.2) is 0 Å². The van der Waals surface area contributed by atoms with E-state index in [-0.39, 0.29) is 0 Å². The molecule has 0 aromatic rings. The van der Waals surface area contributed by atoms with Crippen LogP contribution in [0.4, 0.5) is 0 Å². The lowest BCUT2D eigenvalue weighted by Gasteiger charge is -2.27. The van der Waals surface area contributed by atoms with Crippen molar-refractivity contribution < 1.29 is 4.79 Å². The van der Waals surface area contributed by atoms with Crippen molar-refractivity contribution in [2.24, 2.45) is 5.92 Å². The Morgan fingerprint density at radius 3 is 2.78 bits per heavy atom. The molecule has 0 bridgehead atoms. The van der Waals surface area contributed by atoms with Gasteiger partial charge in [0.1, 0.15) is 0 Å². The zero-order valence-electron chi connectivity index (χ0n) is 12.2. The molecule has 4 nitrogen and oxygen atoms in total. The molecular weight excluding hydrogens is 226 g/mol. The maximum atomic E-state index is 12.3. The van der Waals surface area contributed by atoms with Crippen LogP contribution in [0, 0.1) is 5.92 Å². The van der Waals surface area contributed by atoms with Gasteiger partial charge < -0.3 is 10.2 Å². The summed E-state index contributed by atoms with van der Waals surface area (Å²) in [6.07, 6.45) is 2.28. The minimum atomic E-state index is 0.291. The van der Waals surface area contributed by atoms with Gasteiger partial charge in [0.2, 0.25) is 5.91 Å². The molecule has 1 saturated heterocycles. The van der Waals surface area contributed by atoms with Crippen LogP contribution in [0.25, 0.3) is 0 Å². The second kappa shape index (κ2) is 8.48. The largest absolute Gasteiger partial charge is 0.342 e. The normalized spacial score (nSPS) is 19.3. The number of carbonyl (C=O) groups excluding carboxylic acids is 1. The van der Waals surface area contributed by atoms with Gasteiger partial charge in [-0.2, -0.15) is 0 Å². The van der Waals surface area contributed by atoms with E-state index in [4.69, 9.17) is 0 Å². The number of likely N-dealkylation sites (N-methyl/N-ethyl adjacent to an activating group) is 1. The molecule has 4 heteroatoms. The summed E-state index contributed by atoms with van der Waals surface area (Å²) in [5, 5.41) is 3.37. The van der Waals surface area contributed by atoms with Crippen LogP contribution in [-0.2, 0) is 4.79 Å². The Morgan fingerprint density at radius 2 is 2.11 bits per heavy atom. The maximum absolute atomic E-state index is 12.3. The third kappa shape index (κ3) is 5.36. The van der Waals surface area contributed by atoms with E-state index in [0.29, 0.717) is 18.4 Å². The molecular formula is C14H29N3O. The van der Waals surface area contributed by atoms with Gasteiger partial charge >= 0.3 is 0 Å². The standard InChI is InChI=1S/C14H29N3O/c1-4-13(3)11-17(5-2)14(18)12-16-9-6-7-15-8-10-16/h13,15H,4-12H2,1-3H3. The lowest BCUT2D eigenvalue weighted by molar-refractivity contribution is -0.132. The Balaban J connectivity index is 2.40. The highest BCUT2D eigenvalue weighted by molar-refractivity contribution is 5.78. The van der Waals surface area contributed by atoms with Gasteiger partial charge in [-0.3, -0.25) is 9.69 Å². The Kier molecular flexibility index (Phi) is 7.28. The van der Waals surface area contributed by atoms with Gasteiger partial charge in [0.25, 0.3) is 0 Å². The van der Waals surface area contributed by atoms with Crippen molar-refractivity contribution in [2.45, 2.75) is 33.6 Å². The molecule has 18 heavy (non-hydrogen) atoms. The average molecular weight is 255 g/mol. The van der Waals surface area contributed by atoms with Crippen molar-refractivity contribution in [2.75, 3.05) is 45.8 Å².